The maximum Gasteiger partial charge on any atom is 0.178 e. The molecule has 2 aromatic carbocycles. The van der Waals surface area contributed by atoms with Crippen molar-refractivity contribution < 1.29 is 0 Å². The molecule has 3 heteroatoms. The largest absolute Gasteiger partial charge is 0.244 e. The molecule has 0 N–H and O–H groups in total. The quantitative estimate of drug-likeness (QED) is 0.492. The van der Waals surface area contributed by atoms with Crippen LogP contribution in [0.3, 0.4) is 0 Å². The molecular weight excluding hydrogens is 318 g/mol. The van der Waals surface area contributed by atoms with E-state index in [1.54, 1.807) is 0 Å². The highest BCUT2D eigenvalue weighted by Gasteiger charge is 2.23. The monoisotopic (exact) mass is 337 g/mol. The van der Waals surface area contributed by atoms with E-state index < -0.39 is 0 Å². The second kappa shape index (κ2) is 6.03. The van der Waals surface area contributed by atoms with E-state index in [4.69, 9.17) is 9.97 Å². The lowest BCUT2D eigenvalue weighted by molar-refractivity contribution is 1.13. The van der Waals surface area contributed by atoms with E-state index in [1.165, 1.54) is 18.4 Å². The van der Waals surface area contributed by atoms with E-state index in [2.05, 4.69) is 48.3 Å². The van der Waals surface area contributed by atoms with Crippen LogP contribution in [-0.4, -0.2) is 15.0 Å². The van der Waals surface area contributed by atoms with Crippen LogP contribution >= 0.6 is 0 Å². The van der Waals surface area contributed by atoms with Crippen molar-refractivity contribution in [2.75, 3.05) is 0 Å². The molecule has 0 atom stereocenters. The molecule has 26 heavy (non-hydrogen) atoms. The minimum absolute atomic E-state index is 0.675. The summed E-state index contributed by atoms with van der Waals surface area (Å²) in [5, 5.41) is 1.11. The summed E-state index contributed by atoms with van der Waals surface area (Å²) in [4.78, 5) is 14.2. The van der Waals surface area contributed by atoms with Gasteiger partial charge in [0.1, 0.15) is 5.69 Å². The van der Waals surface area contributed by atoms with Crippen molar-refractivity contribution in [3.63, 3.8) is 0 Å². The summed E-state index contributed by atoms with van der Waals surface area (Å²) in [6.07, 6.45) is 4.53. The lowest BCUT2D eigenvalue weighted by Gasteiger charge is -2.08. The van der Waals surface area contributed by atoms with Crippen molar-refractivity contribution in [3.05, 3.63) is 78.0 Å². The fourth-order valence-corrected chi connectivity index (χ4v) is 3.39. The number of pyridine rings is 1. The Balaban J connectivity index is 1.58. The summed E-state index contributed by atoms with van der Waals surface area (Å²) >= 11 is 0. The first-order valence-corrected chi connectivity index (χ1v) is 9.08. The fourth-order valence-electron chi connectivity index (χ4n) is 3.39. The van der Waals surface area contributed by atoms with E-state index in [9.17, 15) is 0 Å². The van der Waals surface area contributed by atoms with E-state index in [0.717, 1.165) is 39.3 Å². The summed E-state index contributed by atoms with van der Waals surface area (Å²) in [6, 6.07) is 20.9. The zero-order chi connectivity index (χ0) is 17.5. The molecule has 4 aromatic rings. The minimum Gasteiger partial charge on any atom is -0.244 e. The number of rotatable bonds is 3. The fraction of sp³-hybridized carbons (Fsp3) is 0.174. The van der Waals surface area contributed by atoms with Crippen molar-refractivity contribution in [2.24, 2.45) is 0 Å². The van der Waals surface area contributed by atoms with Crippen LogP contribution in [-0.2, 0) is 0 Å². The molecule has 1 fully saturated rings. The molecule has 0 bridgehead atoms. The molecular formula is C23H19N3. The SMILES string of the molecule is Cc1ccc(-c2ncc3cc(C4CC4)ccc3n2)nc1-c1ccccc1. The van der Waals surface area contributed by atoms with Gasteiger partial charge in [-0.2, -0.15) is 0 Å². The van der Waals surface area contributed by atoms with Gasteiger partial charge in [-0.3, -0.25) is 0 Å². The van der Waals surface area contributed by atoms with Gasteiger partial charge in [-0.15, -0.1) is 0 Å². The number of hydrogen-bond acceptors (Lipinski definition) is 3. The Morgan fingerprint density at radius 2 is 1.73 bits per heavy atom. The Labute approximate surface area is 152 Å². The maximum atomic E-state index is 4.85. The topological polar surface area (TPSA) is 38.7 Å². The minimum atomic E-state index is 0.675. The van der Waals surface area contributed by atoms with Gasteiger partial charge in [-0.1, -0.05) is 42.5 Å². The van der Waals surface area contributed by atoms with Gasteiger partial charge < -0.3 is 0 Å². The third kappa shape index (κ3) is 2.76. The second-order valence-electron chi connectivity index (χ2n) is 7.01. The molecule has 2 aromatic heterocycles. The van der Waals surface area contributed by atoms with Crippen LogP contribution < -0.4 is 0 Å². The first kappa shape index (κ1) is 15.2. The van der Waals surface area contributed by atoms with Gasteiger partial charge >= 0.3 is 0 Å². The number of aromatic nitrogens is 3. The summed E-state index contributed by atoms with van der Waals surface area (Å²) in [5.41, 5.74) is 6.44. The van der Waals surface area contributed by atoms with Gasteiger partial charge in [0, 0.05) is 17.1 Å². The standard InChI is InChI=1S/C23H19N3/c1-15-7-11-21(25-22(15)17-5-3-2-4-6-17)23-24-14-19-13-18(16-8-9-16)10-12-20(19)26-23/h2-7,10-14,16H,8-9H2,1H3. The van der Waals surface area contributed by atoms with Crippen LogP contribution in [0.15, 0.2) is 66.9 Å². The van der Waals surface area contributed by atoms with E-state index in [0.29, 0.717) is 5.82 Å². The second-order valence-corrected chi connectivity index (χ2v) is 7.01. The zero-order valence-electron chi connectivity index (χ0n) is 14.7. The van der Waals surface area contributed by atoms with Crippen molar-refractivity contribution in [3.8, 4) is 22.8 Å². The van der Waals surface area contributed by atoms with Crippen LogP contribution in [0.5, 0.6) is 0 Å². The number of aryl methyl sites for hydroxylation is 1. The number of hydrogen-bond donors (Lipinski definition) is 0. The predicted octanol–water partition coefficient (Wildman–Crippen LogP) is 5.54. The molecule has 2 heterocycles. The van der Waals surface area contributed by atoms with Crippen molar-refractivity contribution in [1.29, 1.82) is 0 Å². The van der Waals surface area contributed by atoms with E-state index >= 15 is 0 Å². The summed E-state index contributed by atoms with van der Waals surface area (Å²) < 4.78 is 0. The van der Waals surface area contributed by atoms with Crippen LogP contribution in [0.1, 0.15) is 29.9 Å². The van der Waals surface area contributed by atoms with E-state index in [-0.39, 0.29) is 0 Å². The molecule has 1 aliphatic rings. The number of nitrogens with zero attached hydrogens (tertiary/aromatic N) is 3. The van der Waals surface area contributed by atoms with E-state index in [1.807, 2.05) is 30.5 Å². The highest BCUT2D eigenvalue weighted by atomic mass is 14.9. The molecule has 3 nitrogen and oxygen atoms in total. The molecule has 0 amide bonds. The van der Waals surface area contributed by atoms with Crippen molar-refractivity contribution in [1.82, 2.24) is 15.0 Å². The molecule has 0 radical (unpaired) electrons. The zero-order valence-corrected chi connectivity index (χ0v) is 14.7. The third-order valence-corrected chi connectivity index (χ3v) is 5.03. The Morgan fingerprint density at radius 1 is 0.885 bits per heavy atom. The smallest absolute Gasteiger partial charge is 0.178 e. The molecule has 0 unspecified atom stereocenters. The first-order chi connectivity index (χ1) is 12.8. The molecule has 1 saturated carbocycles. The first-order valence-electron chi connectivity index (χ1n) is 9.08. The van der Waals surface area contributed by atoms with Gasteiger partial charge in [-0.05, 0) is 55.0 Å². The summed E-state index contributed by atoms with van der Waals surface area (Å²) in [7, 11) is 0. The summed E-state index contributed by atoms with van der Waals surface area (Å²) in [6.45, 7) is 2.08. The van der Waals surface area contributed by atoms with Crippen LogP contribution in [0, 0.1) is 6.92 Å². The molecule has 126 valence electrons. The van der Waals surface area contributed by atoms with Crippen LogP contribution in [0.4, 0.5) is 0 Å². The average molecular weight is 337 g/mol. The van der Waals surface area contributed by atoms with Gasteiger partial charge in [0.15, 0.2) is 5.82 Å². The van der Waals surface area contributed by atoms with Crippen molar-refractivity contribution in [2.45, 2.75) is 25.7 Å². The number of benzene rings is 2. The van der Waals surface area contributed by atoms with Gasteiger partial charge in [0.05, 0.1) is 11.2 Å². The van der Waals surface area contributed by atoms with Gasteiger partial charge in [0.25, 0.3) is 0 Å². The average Bonchev–Trinajstić information content (AvgIpc) is 3.54. The van der Waals surface area contributed by atoms with Crippen LogP contribution in [0.2, 0.25) is 0 Å². The number of fused-ring (bicyclic) bond motifs is 1. The van der Waals surface area contributed by atoms with Gasteiger partial charge in [-0.25, -0.2) is 15.0 Å². The Bertz CT molecular complexity index is 1100. The normalized spacial score (nSPS) is 13.9. The maximum absolute atomic E-state index is 4.85. The van der Waals surface area contributed by atoms with Crippen molar-refractivity contribution >= 4 is 10.9 Å². The lowest BCUT2D eigenvalue weighted by atomic mass is 10.1. The third-order valence-electron chi connectivity index (χ3n) is 5.03. The molecule has 0 spiro atoms. The molecule has 5 rings (SSSR count). The Morgan fingerprint density at radius 3 is 2.54 bits per heavy atom. The lowest BCUT2D eigenvalue weighted by Crippen LogP contribution is -1.96. The highest BCUT2D eigenvalue weighted by Crippen LogP contribution is 2.40. The highest BCUT2D eigenvalue weighted by molar-refractivity contribution is 5.80. The van der Waals surface area contributed by atoms with Crippen LogP contribution in [0.25, 0.3) is 33.7 Å². The molecule has 1 aliphatic carbocycles. The predicted molar refractivity (Wildman–Crippen MR) is 105 cm³/mol. The Kier molecular flexibility index (Phi) is 3.52. The molecule has 0 saturated heterocycles. The summed E-state index contributed by atoms with van der Waals surface area (Å²) in [5.74, 6) is 1.42. The molecule has 0 aliphatic heterocycles. The Hall–Kier alpha value is -3.07. The van der Waals surface area contributed by atoms with Gasteiger partial charge in [0.2, 0.25) is 0 Å².